The number of hydrogen-bond acceptors (Lipinski definition) is 4. The maximum atomic E-state index is 12.4. The molecular weight excluding hydrogens is 306 g/mol. The van der Waals surface area contributed by atoms with Crippen molar-refractivity contribution in [2.45, 2.75) is 33.2 Å². The van der Waals surface area contributed by atoms with Crippen LogP contribution < -0.4 is 10.6 Å². The van der Waals surface area contributed by atoms with Gasteiger partial charge in [-0.3, -0.25) is 14.5 Å². The van der Waals surface area contributed by atoms with E-state index in [0.29, 0.717) is 24.4 Å². The van der Waals surface area contributed by atoms with Gasteiger partial charge in [-0.25, -0.2) is 0 Å². The molecule has 0 radical (unpaired) electrons. The molecule has 6 heteroatoms. The van der Waals surface area contributed by atoms with Crippen molar-refractivity contribution in [2.24, 2.45) is 0 Å². The predicted octanol–water partition coefficient (Wildman–Crippen LogP) is 2.04. The Morgan fingerprint density at radius 2 is 1.92 bits per heavy atom. The first kappa shape index (κ1) is 20.1. The summed E-state index contributed by atoms with van der Waals surface area (Å²) in [5.41, 5.74) is 1.66. The topological polar surface area (TPSA) is 70.7 Å². The lowest BCUT2D eigenvalue weighted by Crippen LogP contribution is -2.41. The van der Waals surface area contributed by atoms with Crippen molar-refractivity contribution >= 4 is 17.5 Å². The summed E-state index contributed by atoms with van der Waals surface area (Å²) in [5.74, 6) is -0.265. The van der Waals surface area contributed by atoms with Gasteiger partial charge in [0, 0.05) is 30.4 Å². The number of rotatable bonds is 7. The third-order valence-corrected chi connectivity index (χ3v) is 3.43. The Balaban J connectivity index is 2.78. The maximum absolute atomic E-state index is 12.4. The third kappa shape index (κ3) is 6.68. The molecule has 24 heavy (non-hydrogen) atoms. The van der Waals surface area contributed by atoms with E-state index < -0.39 is 0 Å². The van der Waals surface area contributed by atoms with Crippen molar-refractivity contribution in [1.29, 1.82) is 0 Å². The quantitative estimate of drug-likeness (QED) is 0.800. The molecule has 0 saturated carbocycles. The molecule has 0 heterocycles. The highest BCUT2D eigenvalue weighted by atomic mass is 16.5. The van der Waals surface area contributed by atoms with Gasteiger partial charge in [0.05, 0.1) is 13.2 Å². The van der Waals surface area contributed by atoms with Gasteiger partial charge in [0.1, 0.15) is 0 Å². The lowest BCUT2D eigenvalue weighted by atomic mass is 10.0. The summed E-state index contributed by atoms with van der Waals surface area (Å²) < 4.78 is 5.00. The van der Waals surface area contributed by atoms with Crippen LogP contribution in [-0.4, -0.2) is 56.1 Å². The zero-order valence-corrected chi connectivity index (χ0v) is 15.5. The summed E-state index contributed by atoms with van der Waals surface area (Å²) in [6, 6.07) is 5.34. The average Bonchev–Trinajstić information content (AvgIpc) is 2.45. The van der Waals surface area contributed by atoms with E-state index in [0.717, 1.165) is 5.56 Å². The molecule has 1 rings (SSSR count). The van der Waals surface area contributed by atoms with Crippen LogP contribution in [0.15, 0.2) is 18.2 Å². The van der Waals surface area contributed by atoms with E-state index in [1.54, 1.807) is 25.3 Å². The Morgan fingerprint density at radius 1 is 1.25 bits per heavy atom. The zero-order chi connectivity index (χ0) is 18.3. The van der Waals surface area contributed by atoms with Crippen molar-refractivity contribution in [3.63, 3.8) is 0 Å². The predicted molar refractivity (Wildman–Crippen MR) is 96.4 cm³/mol. The molecule has 1 aromatic rings. The van der Waals surface area contributed by atoms with Gasteiger partial charge in [-0.05, 0) is 52.4 Å². The van der Waals surface area contributed by atoms with Crippen molar-refractivity contribution in [3.8, 4) is 0 Å². The minimum atomic E-state index is -0.313. The Morgan fingerprint density at radius 3 is 2.50 bits per heavy atom. The fraction of sp³-hybridized carbons (Fsp3) is 0.556. The molecule has 0 atom stereocenters. The molecule has 0 aliphatic rings. The highest BCUT2D eigenvalue weighted by molar-refractivity contribution is 5.99. The van der Waals surface area contributed by atoms with Crippen LogP contribution in [0, 0.1) is 6.92 Å². The molecule has 2 amide bonds. The number of ether oxygens (including phenoxy) is 1. The van der Waals surface area contributed by atoms with Crippen LogP contribution in [0.25, 0.3) is 0 Å². The SMILES string of the molecule is COCCN(C)CC(=O)Nc1cccc(C(=O)NC(C)(C)C)c1C. The van der Waals surface area contributed by atoms with Crippen LogP contribution in [0.1, 0.15) is 36.7 Å². The van der Waals surface area contributed by atoms with E-state index in [4.69, 9.17) is 4.74 Å². The Bertz CT molecular complexity index is 579. The highest BCUT2D eigenvalue weighted by Gasteiger charge is 2.18. The number of anilines is 1. The smallest absolute Gasteiger partial charge is 0.252 e. The first-order chi connectivity index (χ1) is 11.1. The van der Waals surface area contributed by atoms with Gasteiger partial charge >= 0.3 is 0 Å². The van der Waals surface area contributed by atoms with Crippen molar-refractivity contribution in [1.82, 2.24) is 10.2 Å². The lowest BCUT2D eigenvalue weighted by Gasteiger charge is -2.22. The number of carbonyl (C=O) groups is 2. The Labute approximate surface area is 144 Å². The number of carbonyl (C=O) groups excluding carboxylic acids is 2. The second-order valence-electron chi connectivity index (χ2n) is 6.96. The van der Waals surface area contributed by atoms with Gasteiger partial charge in [-0.15, -0.1) is 0 Å². The Hall–Kier alpha value is -1.92. The summed E-state index contributed by atoms with van der Waals surface area (Å²) in [7, 11) is 3.49. The van der Waals surface area contributed by atoms with Crippen molar-refractivity contribution < 1.29 is 14.3 Å². The van der Waals surface area contributed by atoms with Gasteiger partial charge in [-0.1, -0.05) is 6.07 Å². The number of nitrogens with one attached hydrogen (secondary N) is 2. The molecule has 0 spiro atoms. The second kappa shape index (κ2) is 8.80. The van der Waals surface area contributed by atoms with E-state index in [1.165, 1.54) is 0 Å². The van der Waals surface area contributed by atoms with Crippen LogP contribution in [0.3, 0.4) is 0 Å². The van der Waals surface area contributed by atoms with Crippen molar-refractivity contribution in [3.05, 3.63) is 29.3 Å². The molecule has 0 unspecified atom stereocenters. The number of nitrogens with zero attached hydrogens (tertiary/aromatic N) is 1. The van der Waals surface area contributed by atoms with E-state index in [1.807, 2.05) is 39.6 Å². The first-order valence-corrected chi connectivity index (χ1v) is 8.03. The van der Waals surface area contributed by atoms with Gasteiger partial charge in [0.2, 0.25) is 5.91 Å². The first-order valence-electron chi connectivity index (χ1n) is 8.03. The fourth-order valence-corrected chi connectivity index (χ4v) is 2.19. The molecule has 0 bridgehead atoms. The highest BCUT2D eigenvalue weighted by Crippen LogP contribution is 2.19. The number of benzene rings is 1. The molecule has 2 N–H and O–H groups in total. The minimum Gasteiger partial charge on any atom is -0.383 e. The molecule has 134 valence electrons. The van der Waals surface area contributed by atoms with Gasteiger partial charge < -0.3 is 15.4 Å². The molecule has 1 aromatic carbocycles. The lowest BCUT2D eigenvalue weighted by molar-refractivity contribution is -0.117. The summed E-state index contributed by atoms with van der Waals surface area (Å²) >= 11 is 0. The van der Waals surface area contributed by atoms with Crippen molar-refractivity contribution in [2.75, 3.05) is 39.2 Å². The summed E-state index contributed by atoms with van der Waals surface area (Å²) in [5, 5.41) is 5.81. The molecule has 0 fully saturated rings. The Kier molecular flexibility index (Phi) is 7.38. The van der Waals surface area contributed by atoms with Crippen LogP contribution in [0.4, 0.5) is 5.69 Å². The number of amides is 2. The molecule has 0 saturated heterocycles. The monoisotopic (exact) mass is 335 g/mol. The number of hydrogen-bond donors (Lipinski definition) is 2. The van der Waals surface area contributed by atoms with Crippen LogP contribution in [0.2, 0.25) is 0 Å². The van der Waals surface area contributed by atoms with E-state index in [-0.39, 0.29) is 23.9 Å². The number of methoxy groups -OCH3 is 1. The minimum absolute atomic E-state index is 0.120. The summed E-state index contributed by atoms with van der Waals surface area (Å²) in [6.07, 6.45) is 0. The molecule has 0 aromatic heterocycles. The molecule has 6 nitrogen and oxygen atoms in total. The summed E-state index contributed by atoms with van der Waals surface area (Å²) in [6.45, 7) is 9.15. The second-order valence-corrected chi connectivity index (χ2v) is 6.96. The average molecular weight is 335 g/mol. The van der Waals surface area contributed by atoms with Gasteiger partial charge in [0.15, 0.2) is 0 Å². The largest absolute Gasteiger partial charge is 0.383 e. The molecule has 0 aliphatic carbocycles. The molecule has 0 aliphatic heterocycles. The maximum Gasteiger partial charge on any atom is 0.252 e. The third-order valence-electron chi connectivity index (χ3n) is 3.43. The van der Waals surface area contributed by atoms with E-state index >= 15 is 0 Å². The van der Waals surface area contributed by atoms with E-state index in [2.05, 4.69) is 10.6 Å². The van der Waals surface area contributed by atoms with Gasteiger partial charge in [-0.2, -0.15) is 0 Å². The van der Waals surface area contributed by atoms with Crippen LogP contribution >= 0.6 is 0 Å². The van der Waals surface area contributed by atoms with Crippen LogP contribution in [0.5, 0.6) is 0 Å². The summed E-state index contributed by atoms with van der Waals surface area (Å²) in [4.78, 5) is 26.4. The van der Waals surface area contributed by atoms with Crippen LogP contribution in [-0.2, 0) is 9.53 Å². The standard InChI is InChI=1S/C18H29N3O3/c1-13-14(17(23)20-18(2,3)4)8-7-9-15(13)19-16(22)12-21(5)10-11-24-6/h7-9H,10-12H2,1-6H3,(H,19,22)(H,20,23). The van der Waals surface area contributed by atoms with E-state index in [9.17, 15) is 9.59 Å². The fourth-order valence-electron chi connectivity index (χ4n) is 2.19. The van der Waals surface area contributed by atoms with Gasteiger partial charge in [0.25, 0.3) is 5.91 Å². The molecular formula is C18H29N3O3. The zero-order valence-electron chi connectivity index (χ0n) is 15.5. The number of likely N-dealkylation sites (N-methyl/N-ethyl adjacent to an activating group) is 1. The normalized spacial score (nSPS) is 11.5.